The van der Waals surface area contributed by atoms with Gasteiger partial charge >= 0.3 is 0 Å². The van der Waals surface area contributed by atoms with Gasteiger partial charge in [-0.2, -0.15) is 0 Å². The molecule has 1 aliphatic heterocycles. The third-order valence-corrected chi connectivity index (χ3v) is 6.71. The van der Waals surface area contributed by atoms with E-state index in [1.165, 1.54) is 36.6 Å². The lowest BCUT2D eigenvalue weighted by Gasteiger charge is -2.26. The van der Waals surface area contributed by atoms with Gasteiger partial charge in [-0.15, -0.1) is 10.2 Å². The summed E-state index contributed by atoms with van der Waals surface area (Å²) in [5.41, 5.74) is 2.20. The van der Waals surface area contributed by atoms with Crippen LogP contribution in [0.2, 0.25) is 0 Å². The Balaban J connectivity index is 1.39. The quantitative estimate of drug-likeness (QED) is 0.460. The highest BCUT2D eigenvalue weighted by Crippen LogP contribution is 2.21. The highest BCUT2D eigenvalue weighted by atomic mass is 32.2. The Morgan fingerprint density at radius 1 is 1.00 bits per heavy atom. The first-order chi connectivity index (χ1) is 16.2. The van der Waals surface area contributed by atoms with Gasteiger partial charge in [0.1, 0.15) is 11.6 Å². The van der Waals surface area contributed by atoms with Gasteiger partial charge in [0.15, 0.2) is 5.16 Å². The number of thioether (sulfide) groups is 1. The van der Waals surface area contributed by atoms with Crippen LogP contribution >= 0.6 is 11.8 Å². The number of aromatic nitrogens is 3. The summed E-state index contributed by atoms with van der Waals surface area (Å²) in [7, 11) is 1.64. The Morgan fingerprint density at radius 2 is 1.79 bits per heavy atom. The van der Waals surface area contributed by atoms with E-state index >= 15 is 0 Å². The van der Waals surface area contributed by atoms with Crippen LogP contribution in [-0.2, 0) is 24.4 Å². The number of methoxy groups -OCH3 is 1. The van der Waals surface area contributed by atoms with Crippen molar-refractivity contribution in [2.75, 3.05) is 26.0 Å². The fourth-order valence-corrected chi connectivity index (χ4v) is 4.74. The van der Waals surface area contributed by atoms with E-state index < -0.39 is 0 Å². The van der Waals surface area contributed by atoms with E-state index in [0.29, 0.717) is 18.8 Å². The number of ether oxygens (including phenoxy) is 1. The van der Waals surface area contributed by atoms with E-state index in [4.69, 9.17) is 4.74 Å². The summed E-state index contributed by atoms with van der Waals surface area (Å²) < 4.78 is 7.40. The normalized spacial score (nSPS) is 14.2. The molecular weight excluding hydrogens is 434 g/mol. The maximum absolute atomic E-state index is 12.5. The standard InChI is InChI=1S/C25H31N5O2S/c1-32-22-12-8-11-21(15-22)16-26-24(31)19-33-25-28-27-23(18-29-13-6-3-7-14-29)30(25)17-20-9-4-2-5-10-20/h2,4-5,8-12,15H,3,6-7,13-14,16-19H2,1H3,(H,26,31). The second-order valence-electron chi connectivity index (χ2n) is 8.22. The fraction of sp³-hybridized carbons (Fsp3) is 0.400. The zero-order chi connectivity index (χ0) is 22.9. The summed E-state index contributed by atoms with van der Waals surface area (Å²) in [6.07, 6.45) is 3.78. The average molecular weight is 466 g/mol. The number of piperidine rings is 1. The van der Waals surface area contributed by atoms with Crippen molar-refractivity contribution in [3.8, 4) is 5.75 Å². The van der Waals surface area contributed by atoms with Crippen molar-refractivity contribution in [2.24, 2.45) is 0 Å². The molecule has 2 aromatic carbocycles. The van der Waals surface area contributed by atoms with Crippen LogP contribution in [0, 0.1) is 0 Å². The molecule has 0 bridgehead atoms. The van der Waals surface area contributed by atoms with Crippen LogP contribution in [0.25, 0.3) is 0 Å². The summed E-state index contributed by atoms with van der Waals surface area (Å²) in [5, 5.41) is 12.7. The van der Waals surface area contributed by atoms with Gasteiger partial charge in [0.25, 0.3) is 0 Å². The van der Waals surface area contributed by atoms with Gasteiger partial charge in [0.2, 0.25) is 5.91 Å². The van der Waals surface area contributed by atoms with Crippen LogP contribution in [-0.4, -0.2) is 51.5 Å². The minimum absolute atomic E-state index is 0.0327. The molecule has 7 nitrogen and oxygen atoms in total. The number of nitrogens with one attached hydrogen (secondary N) is 1. The summed E-state index contributed by atoms with van der Waals surface area (Å²) in [4.78, 5) is 15.0. The second-order valence-corrected chi connectivity index (χ2v) is 9.17. The molecule has 2 heterocycles. The van der Waals surface area contributed by atoms with Crippen molar-refractivity contribution in [2.45, 2.75) is 44.1 Å². The summed E-state index contributed by atoms with van der Waals surface area (Å²) >= 11 is 1.43. The van der Waals surface area contributed by atoms with Crippen LogP contribution in [0.15, 0.2) is 59.8 Å². The first-order valence-corrected chi connectivity index (χ1v) is 12.4. The Hall–Kier alpha value is -2.84. The smallest absolute Gasteiger partial charge is 0.230 e. The molecule has 0 saturated carbocycles. The summed E-state index contributed by atoms with van der Waals surface area (Å²) in [6.45, 7) is 4.17. The largest absolute Gasteiger partial charge is 0.497 e. The molecule has 1 aliphatic rings. The maximum Gasteiger partial charge on any atom is 0.230 e. The van der Waals surface area contributed by atoms with Gasteiger partial charge in [-0.25, -0.2) is 0 Å². The molecule has 33 heavy (non-hydrogen) atoms. The van der Waals surface area contributed by atoms with Crippen molar-refractivity contribution in [3.05, 3.63) is 71.5 Å². The molecule has 8 heteroatoms. The number of benzene rings is 2. The van der Waals surface area contributed by atoms with E-state index in [1.807, 2.05) is 42.5 Å². The maximum atomic E-state index is 12.5. The molecule has 1 amide bonds. The lowest BCUT2D eigenvalue weighted by Crippen LogP contribution is -2.30. The predicted octanol–water partition coefficient (Wildman–Crippen LogP) is 3.73. The molecule has 0 unspecified atom stereocenters. The second kappa shape index (κ2) is 11.9. The van der Waals surface area contributed by atoms with Crippen molar-refractivity contribution in [3.63, 3.8) is 0 Å². The number of carbonyl (C=O) groups excluding carboxylic acids is 1. The Kier molecular flexibility index (Phi) is 8.38. The van der Waals surface area contributed by atoms with E-state index in [9.17, 15) is 4.79 Å². The first-order valence-electron chi connectivity index (χ1n) is 11.4. The number of hydrogen-bond acceptors (Lipinski definition) is 6. The van der Waals surface area contributed by atoms with E-state index in [-0.39, 0.29) is 5.91 Å². The molecular formula is C25H31N5O2S. The van der Waals surface area contributed by atoms with Crippen LogP contribution < -0.4 is 10.1 Å². The molecule has 1 N–H and O–H groups in total. The van der Waals surface area contributed by atoms with Crippen LogP contribution in [0.1, 0.15) is 36.2 Å². The third-order valence-electron chi connectivity index (χ3n) is 5.75. The van der Waals surface area contributed by atoms with Gasteiger partial charge in [0.05, 0.1) is 26.0 Å². The molecule has 0 atom stereocenters. The predicted molar refractivity (Wildman–Crippen MR) is 130 cm³/mol. The summed E-state index contributed by atoms with van der Waals surface area (Å²) in [6, 6.07) is 18.0. The van der Waals surface area contributed by atoms with Crippen LogP contribution in [0.3, 0.4) is 0 Å². The fourth-order valence-electron chi connectivity index (χ4n) is 3.95. The third kappa shape index (κ3) is 6.82. The Morgan fingerprint density at radius 3 is 2.58 bits per heavy atom. The van der Waals surface area contributed by atoms with Gasteiger partial charge in [-0.1, -0.05) is 60.6 Å². The highest BCUT2D eigenvalue weighted by molar-refractivity contribution is 7.99. The van der Waals surface area contributed by atoms with Crippen molar-refractivity contribution < 1.29 is 9.53 Å². The summed E-state index contributed by atoms with van der Waals surface area (Å²) in [5.74, 6) is 2.00. The highest BCUT2D eigenvalue weighted by Gasteiger charge is 2.18. The van der Waals surface area contributed by atoms with Crippen molar-refractivity contribution in [1.29, 1.82) is 0 Å². The Bertz CT molecular complexity index is 1030. The van der Waals surface area contributed by atoms with Crippen molar-refractivity contribution >= 4 is 17.7 Å². The molecule has 4 rings (SSSR count). The molecule has 0 radical (unpaired) electrons. The average Bonchev–Trinajstić information content (AvgIpc) is 3.23. The lowest BCUT2D eigenvalue weighted by atomic mass is 10.1. The number of carbonyl (C=O) groups is 1. The van der Waals surface area contributed by atoms with Gasteiger partial charge in [-0.3, -0.25) is 9.69 Å². The Labute approximate surface area is 199 Å². The van der Waals surface area contributed by atoms with Crippen LogP contribution in [0.5, 0.6) is 5.75 Å². The van der Waals surface area contributed by atoms with Gasteiger partial charge in [0, 0.05) is 6.54 Å². The molecule has 1 saturated heterocycles. The van der Waals surface area contributed by atoms with E-state index in [1.54, 1.807) is 7.11 Å². The molecule has 3 aromatic rings. The van der Waals surface area contributed by atoms with Gasteiger partial charge in [-0.05, 0) is 49.2 Å². The first kappa shape index (κ1) is 23.3. The minimum Gasteiger partial charge on any atom is -0.497 e. The number of amides is 1. The minimum atomic E-state index is -0.0327. The zero-order valence-electron chi connectivity index (χ0n) is 19.1. The number of likely N-dealkylation sites (tertiary alicyclic amines) is 1. The topological polar surface area (TPSA) is 72.3 Å². The molecule has 174 valence electrons. The lowest BCUT2D eigenvalue weighted by molar-refractivity contribution is -0.118. The monoisotopic (exact) mass is 465 g/mol. The van der Waals surface area contributed by atoms with E-state index in [2.05, 4.69) is 37.1 Å². The van der Waals surface area contributed by atoms with Crippen molar-refractivity contribution in [1.82, 2.24) is 25.0 Å². The molecule has 1 fully saturated rings. The molecule has 0 spiro atoms. The number of rotatable bonds is 10. The number of nitrogens with zero attached hydrogens (tertiary/aromatic N) is 4. The number of hydrogen-bond donors (Lipinski definition) is 1. The SMILES string of the molecule is COc1cccc(CNC(=O)CSc2nnc(CN3CCCCC3)n2Cc2ccccc2)c1. The van der Waals surface area contributed by atoms with Gasteiger partial charge < -0.3 is 14.6 Å². The van der Waals surface area contributed by atoms with E-state index in [0.717, 1.165) is 41.9 Å². The molecule has 1 aromatic heterocycles. The van der Waals surface area contributed by atoms with Crippen LogP contribution in [0.4, 0.5) is 0 Å². The zero-order valence-corrected chi connectivity index (χ0v) is 19.9. The molecule has 0 aliphatic carbocycles.